The molecule has 0 atom stereocenters. The summed E-state index contributed by atoms with van der Waals surface area (Å²) in [6.07, 6.45) is 0. The number of benzene rings is 1. The van der Waals surface area contributed by atoms with Gasteiger partial charge in [0.15, 0.2) is 0 Å². The summed E-state index contributed by atoms with van der Waals surface area (Å²) in [7, 11) is 0. The van der Waals surface area contributed by atoms with Crippen molar-refractivity contribution in [3.8, 4) is 0 Å². The number of nitrogen functional groups attached to an aromatic ring is 1. The highest BCUT2D eigenvalue weighted by Crippen LogP contribution is 2.63. The van der Waals surface area contributed by atoms with Crippen LogP contribution in [0.4, 0.5) is 11.4 Å². The molecule has 1 fully saturated rings. The highest BCUT2D eigenvalue weighted by molar-refractivity contribution is 5.58. The molecule has 1 saturated carbocycles. The van der Waals surface area contributed by atoms with Crippen molar-refractivity contribution in [1.82, 2.24) is 0 Å². The quantitative estimate of drug-likeness (QED) is 0.746. The zero-order chi connectivity index (χ0) is 12.1. The van der Waals surface area contributed by atoms with E-state index in [4.69, 9.17) is 5.73 Å². The maximum atomic E-state index is 5.81. The molecular weight excluding hydrogens is 196 g/mol. The van der Waals surface area contributed by atoms with Gasteiger partial charge < -0.3 is 11.1 Å². The van der Waals surface area contributed by atoms with Crippen molar-refractivity contribution in [2.45, 2.75) is 40.7 Å². The predicted octanol–water partition coefficient (Wildman–Crippen LogP) is 3.42. The van der Waals surface area contributed by atoms with Gasteiger partial charge in [-0.15, -0.1) is 0 Å². The third kappa shape index (κ3) is 1.48. The standard InChI is InChI=1S/C14H22N2/c1-9-8-10(6-7-11(9)15)16-12-13(2,3)14(12,4)5/h6-8,12,16H,15H2,1-5H3. The molecule has 2 rings (SSSR count). The molecule has 1 aromatic carbocycles. The molecule has 0 heterocycles. The van der Waals surface area contributed by atoms with Gasteiger partial charge in [-0.25, -0.2) is 0 Å². The van der Waals surface area contributed by atoms with Gasteiger partial charge >= 0.3 is 0 Å². The monoisotopic (exact) mass is 218 g/mol. The number of nitrogens with two attached hydrogens (primary N) is 1. The van der Waals surface area contributed by atoms with Gasteiger partial charge in [-0.3, -0.25) is 0 Å². The van der Waals surface area contributed by atoms with Crippen molar-refractivity contribution >= 4 is 11.4 Å². The Labute approximate surface area is 98.2 Å². The molecule has 0 aliphatic heterocycles. The average molecular weight is 218 g/mol. The van der Waals surface area contributed by atoms with Gasteiger partial charge in [0.2, 0.25) is 0 Å². The van der Waals surface area contributed by atoms with Gasteiger partial charge in [-0.1, -0.05) is 27.7 Å². The summed E-state index contributed by atoms with van der Waals surface area (Å²) in [5.41, 5.74) is 9.72. The van der Waals surface area contributed by atoms with Crippen LogP contribution in [0.5, 0.6) is 0 Å². The number of aryl methyl sites for hydroxylation is 1. The number of hydrogen-bond acceptors (Lipinski definition) is 2. The number of anilines is 2. The number of nitrogens with one attached hydrogen (secondary N) is 1. The first-order valence-corrected chi connectivity index (χ1v) is 5.89. The van der Waals surface area contributed by atoms with Gasteiger partial charge in [-0.05, 0) is 41.5 Å². The molecule has 0 spiro atoms. The third-order valence-electron chi connectivity index (χ3n) is 4.60. The minimum absolute atomic E-state index is 0.363. The molecule has 0 bridgehead atoms. The van der Waals surface area contributed by atoms with Crippen LogP contribution >= 0.6 is 0 Å². The first-order chi connectivity index (χ1) is 7.26. The Hall–Kier alpha value is -1.18. The first kappa shape index (κ1) is 11.3. The lowest BCUT2D eigenvalue weighted by Crippen LogP contribution is -2.10. The van der Waals surface area contributed by atoms with Crippen LogP contribution in [0.25, 0.3) is 0 Å². The van der Waals surface area contributed by atoms with Crippen molar-refractivity contribution in [3.63, 3.8) is 0 Å². The largest absolute Gasteiger partial charge is 0.399 e. The maximum Gasteiger partial charge on any atom is 0.0375 e. The van der Waals surface area contributed by atoms with Gasteiger partial charge in [0.25, 0.3) is 0 Å². The van der Waals surface area contributed by atoms with Crippen LogP contribution < -0.4 is 11.1 Å². The van der Waals surface area contributed by atoms with E-state index in [2.05, 4.69) is 45.1 Å². The van der Waals surface area contributed by atoms with E-state index < -0.39 is 0 Å². The van der Waals surface area contributed by atoms with E-state index >= 15 is 0 Å². The molecule has 2 heteroatoms. The van der Waals surface area contributed by atoms with Crippen LogP contribution in [0.2, 0.25) is 0 Å². The van der Waals surface area contributed by atoms with E-state index in [1.165, 1.54) is 5.69 Å². The highest BCUT2D eigenvalue weighted by atomic mass is 15.0. The van der Waals surface area contributed by atoms with Gasteiger partial charge in [-0.2, -0.15) is 0 Å². The smallest absolute Gasteiger partial charge is 0.0375 e. The lowest BCUT2D eigenvalue weighted by molar-refractivity contribution is 0.457. The summed E-state index contributed by atoms with van der Waals surface area (Å²) in [4.78, 5) is 0. The molecule has 0 saturated heterocycles. The van der Waals surface area contributed by atoms with Crippen LogP contribution in [-0.4, -0.2) is 6.04 Å². The van der Waals surface area contributed by atoms with Crippen LogP contribution in [0.15, 0.2) is 18.2 Å². The van der Waals surface area contributed by atoms with Gasteiger partial charge in [0.05, 0.1) is 0 Å². The van der Waals surface area contributed by atoms with E-state index in [-0.39, 0.29) is 0 Å². The fourth-order valence-corrected chi connectivity index (χ4v) is 2.49. The Kier molecular flexibility index (Phi) is 2.23. The molecule has 3 N–H and O–H groups in total. The van der Waals surface area contributed by atoms with Crippen LogP contribution in [0, 0.1) is 17.8 Å². The minimum Gasteiger partial charge on any atom is -0.399 e. The topological polar surface area (TPSA) is 38.0 Å². The summed E-state index contributed by atoms with van der Waals surface area (Å²) >= 11 is 0. The number of hydrogen-bond donors (Lipinski definition) is 2. The highest BCUT2D eigenvalue weighted by Gasteiger charge is 2.64. The molecule has 2 nitrogen and oxygen atoms in total. The molecule has 0 radical (unpaired) electrons. The number of rotatable bonds is 2. The molecule has 1 aliphatic rings. The van der Waals surface area contributed by atoms with E-state index in [0.29, 0.717) is 16.9 Å². The first-order valence-electron chi connectivity index (χ1n) is 5.89. The van der Waals surface area contributed by atoms with Crippen LogP contribution in [0.1, 0.15) is 33.3 Å². The van der Waals surface area contributed by atoms with Crippen molar-refractivity contribution in [1.29, 1.82) is 0 Å². The second kappa shape index (κ2) is 3.16. The van der Waals surface area contributed by atoms with Crippen molar-refractivity contribution in [3.05, 3.63) is 23.8 Å². The Balaban J connectivity index is 2.15. The SMILES string of the molecule is Cc1cc(NC2C(C)(C)C2(C)C)ccc1N. The van der Waals surface area contributed by atoms with Crippen molar-refractivity contribution < 1.29 is 0 Å². The average Bonchev–Trinajstić information content (AvgIpc) is 2.54. The molecule has 16 heavy (non-hydrogen) atoms. The van der Waals surface area contributed by atoms with E-state index in [0.717, 1.165) is 11.3 Å². The molecular formula is C14H22N2. The Morgan fingerprint density at radius 3 is 2.12 bits per heavy atom. The van der Waals surface area contributed by atoms with Crippen LogP contribution in [0.3, 0.4) is 0 Å². The summed E-state index contributed by atoms with van der Waals surface area (Å²) in [6.45, 7) is 11.3. The van der Waals surface area contributed by atoms with E-state index in [1.807, 2.05) is 13.0 Å². The maximum absolute atomic E-state index is 5.81. The molecule has 1 aromatic rings. The fourth-order valence-electron chi connectivity index (χ4n) is 2.49. The molecule has 88 valence electrons. The lowest BCUT2D eigenvalue weighted by Gasteiger charge is -2.10. The second-order valence-corrected chi connectivity index (χ2v) is 6.09. The summed E-state index contributed by atoms with van der Waals surface area (Å²) in [5.74, 6) is 0. The molecule has 0 amide bonds. The second-order valence-electron chi connectivity index (χ2n) is 6.09. The fraction of sp³-hybridized carbons (Fsp3) is 0.571. The normalized spacial score (nSPS) is 21.8. The summed E-state index contributed by atoms with van der Waals surface area (Å²) < 4.78 is 0. The van der Waals surface area contributed by atoms with E-state index in [9.17, 15) is 0 Å². The van der Waals surface area contributed by atoms with Crippen molar-refractivity contribution in [2.75, 3.05) is 11.1 Å². The van der Waals surface area contributed by atoms with Crippen LogP contribution in [-0.2, 0) is 0 Å². The third-order valence-corrected chi connectivity index (χ3v) is 4.60. The Bertz CT molecular complexity index is 405. The van der Waals surface area contributed by atoms with Crippen molar-refractivity contribution in [2.24, 2.45) is 10.8 Å². The lowest BCUT2D eigenvalue weighted by atomic mass is 10.0. The van der Waals surface area contributed by atoms with Gasteiger partial charge in [0.1, 0.15) is 0 Å². The Morgan fingerprint density at radius 2 is 1.69 bits per heavy atom. The molecule has 1 aliphatic carbocycles. The Morgan fingerprint density at radius 1 is 1.12 bits per heavy atom. The minimum atomic E-state index is 0.363. The predicted molar refractivity (Wildman–Crippen MR) is 70.6 cm³/mol. The summed E-state index contributed by atoms with van der Waals surface area (Å²) in [5, 5.41) is 3.61. The zero-order valence-electron chi connectivity index (χ0n) is 10.9. The van der Waals surface area contributed by atoms with Gasteiger partial charge in [0, 0.05) is 17.4 Å². The molecule has 0 unspecified atom stereocenters. The van der Waals surface area contributed by atoms with E-state index in [1.54, 1.807) is 0 Å². The molecule has 0 aromatic heterocycles. The zero-order valence-corrected chi connectivity index (χ0v) is 10.9. The summed E-state index contributed by atoms with van der Waals surface area (Å²) in [6, 6.07) is 6.70.